The van der Waals surface area contributed by atoms with Crippen molar-refractivity contribution in [3.8, 4) is 0 Å². The Kier molecular flexibility index (Phi) is 3.15. The smallest absolute Gasteiger partial charge is 0.292 e. The van der Waals surface area contributed by atoms with Crippen LogP contribution in [0.1, 0.15) is 0 Å². The Morgan fingerprint density at radius 1 is 1.18 bits per heavy atom. The van der Waals surface area contributed by atoms with Gasteiger partial charge in [0.25, 0.3) is 5.69 Å². The second kappa shape index (κ2) is 4.75. The van der Waals surface area contributed by atoms with E-state index in [2.05, 4.69) is 15.5 Å². The fourth-order valence-electron chi connectivity index (χ4n) is 1.26. The van der Waals surface area contributed by atoms with E-state index in [1.807, 2.05) is 0 Å². The Balaban J connectivity index is 2.30. The molecule has 2 rings (SSSR count). The summed E-state index contributed by atoms with van der Waals surface area (Å²) in [5.41, 5.74) is 0.332. The van der Waals surface area contributed by atoms with Gasteiger partial charge in [-0.2, -0.15) is 0 Å². The number of rotatable bonds is 3. The molecule has 0 aliphatic heterocycles. The van der Waals surface area contributed by atoms with E-state index in [-0.39, 0.29) is 10.8 Å². The highest BCUT2D eigenvalue weighted by Crippen LogP contribution is 2.25. The predicted molar refractivity (Wildman–Crippen MR) is 63.4 cm³/mol. The van der Waals surface area contributed by atoms with Gasteiger partial charge in [-0.15, -0.1) is 10.2 Å². The van der Waals surface area contributed by atoms with Gasteiger partial charge in [0.15, 0.2) is 11.0 Å². The van der Waals surface area contributed by atoms with E-state index in [0.717, 1.165) is 0 Å². The summed E-state index contributed by atoms with van der Waals surface area (Å²) in [5, 5.41) is 21.2. The molecule has 0 radical (unpaired) electrons. The number of anilines is 2. The number of aromatic nitrogens is 2. The first-order chi connectivity index (χ1) is 8.16. The molecule has 1 N–H and O–H groups in total. The number of hydrogen-bond acceptors (Lipinski definition) is 5. The molecule has 0 aliphatic carbocycles. The molecule has 6 nitrogen and oxygen atoms in total. The van der Waals surface area contributed by atoms with Crippen molar-refractivity contribution in [3.63, 3.8) is 0 Å². The molecule has 0 fully saturated rings. The molecule has 0 atom stereocenters. The van der Waals surface area contributed by atoms with Gasteiger partial charge in [-0.1, -0.05) is 23.7 Å². The SMILES string of the molecule is O=[N+]([O-])c1ccccc1Nc1ccc(Cl)nn1. The average molecular weight is 251 g/mol. The van der Waals surface area contributed by atoms with Gasteiger partial charge in [-0.3, -0.25) is 10.1 Å². The third kappa shape index (κ3) is 2.67. The van der Waals surface area contributed by atoms with Crippen LogP contribution in [0.4, 0.5) is 17.2 Å². The van der Waals surface area contributed by atoms with Crippen LogP contribution in [0, 0.1) is 10.1 Å². The summed E-state index contributed by atoms with van der Waals surface area (Å²) in [5.74, 6) is 0.392. The van der Waals surface area contributed by atoms with Crippen molar-refractivity contribution in [3.05, 3.63) is 51.7 Å². The van der Waals surface area contributed by atoms with E-state index in [1.165, 1.54) is 6.07 Å². The highest BCUT2D eigenvalue weighted by molar-refractivity contribution is 6.29. The Morgan fingerprint density at radius 2 is 1.94 bits per heavy atom. The number of benzene rings is 1. The molecule has 0 saturated heterocycles. The number of nitrogens with zero attached hydrogens (tertiary/aromatic N) is 3. The molecule has 1 aromatic carbocycles. The highest BCUT2D eigenvalue weighted by atomic mass is 35.5. The van der Waals surface area contributed by atoms with Crippen LogP contribution in [0.3, 0.4) is 0 Å². The molecule has 2 aromatic rings. The lowest BCUT2D eigenvalue weighted by Crippen LogP contribution is -1.99. The number of hydrogen-bond donors (Lipinski definition) is 1. The number of para-hydroxylation sites is 2. The topological polar surface area (TPSA) is 81.0 Å². The zero-order valence-corrected chi connectivity index (χ0v) is 9.26. The summed E-state index contributed by atoms with van der Waals surface area (Å²) < 4.78 is 0. The Morgan fingerprint density at radius 3 is 2.59 bits per heavy atom. The van der Waals surface area contributed by atoms with Crippen LogP contribution < -0.4 is 5.32 Å². The van der Waals surface area contributed by atoms with Crippen molar-refractivity contribution in [1.29, 1.82) is 0 Å². The van der Waals surface area contributed by atoms with Crippen LogP contribution in [0.15, 0.2) is 36.4 Å². The zero-order chi connectivity index (χ0) is 12.3. The second-order valence-electron chi connectivity index (χ2n) is 3.14. The summed E-state index contributed by atoms with van der Waals surface area (Å²) in [6.07, 6.45) is 0. The minimum absolute atomic E-state index is 0.0238. The standard InChI is InChI=1S/C10H7ClN4O2/c11-9-5-6-10(14-13-9)12-7-3-1-2-4-8(7)15(16)17/h1-6H,(H,12,14). The van der Waals surface area contributed by atoms with Crippen LogP contribution in [-0.4, -0.2) is 15.1 Å². The van der Waals surface area contributed by atoms with Gasteiger partial charge >= 0.3 is 0 Å². The van der Waals surface area contributed by atoms with Crippen molar-refractivity contribution >= 4 is 28.8 Å². The molecule has 0 amide bonds. The maximum Gasteiger partial charge on any atom is 0.292 e. The maximum absolute atomic E-state index is 10.8. The summed E-state index contributed by atoms with van der Waals surface area (Å²) in [6.45, 7) is 0. The average Bonchev–Trinajstić information content (AvgIpc) is 2.32. The largest absolute Gasteiger partial charge is 0.333 e. The van der Waals surface area contributed by atoms with Gasteiger partial charge < -0.3 is 5.32 Å². The normalized spacial score (nSPS) is 9.94. The molecule has 0 unspecified atom stereocenters. The number of nitrogens with one attached hydrogen (secondary N) is 1. The fraction of sp³-hybridized carbons (Fsp3) is 0. The van der Waals surface area contributed by atoms with Crippen LogP contribution in [0.5, 0.6) is 0 Å². The second-order valence-corrected chi connectivity index (χ2v) is 3.53. The monoisotopic (exact) mass is 250 g/mol. The molecule has 0 spiro atoms. The Labute approximate surface area is 101 Å². The van der Waals surface area contributed by atoms with E-state index in [9.17, 15) is 10.1 Å². The molecule has 1 heterocycles. The molecular weight excluding hydrogens is 244 g/mol. The molecule has 86 valence electrons. The summed E-state index contributed by atoms with van der Waals surface area (Å²) >= 11 is 5.59. The van der Waals surface area contributed by atoms with Crippen molar-refractivity contribution in [2.45, 2.75) is 0 Å². The van der Waals surface area contributed by atoms with Crippen molar-refractivity contribution in [2.75, 3.05) is 5.32 Å². The lowest BCUT2D eigenvalue weighted by atomic mass is 10.2. The molecule has 0 saturated carbocycles. The van der Waals surface area contributed by atoms with Gasteiger partial charge in [0.2, 0.25) is 0 Å². The van der Waals surface area contributed by atoms with Gasteiger partial charge in [0.1, 0.15) is 5.69 Å². The summed E-state index contributed by atoms with van der Waals surface area (Å²) in [4.78, 5) is 10.3. The third-order valence-electron chi connectivity index (χ3n) is 2.00. The van der Waals surface area contributed by atoms with Crippen LogP contribution in [0.2, 0.25) is 5.15 Å². The molecule has 0 bridgehead atoms. The number of nitro benzene ring substituents is 1. The fourth-order valence-corrected chi connectivity index (χ4v) is 1.36. The van der Waals surface area contributed by atoms with E-state index < -0.39 is 4.92 Å². The van der Waals surface area contributed by atoms with Gasteiger partial charge in [0.05, 0.1) is 4.92 Å². The van der Waals surface area contributed by atoms with Gasteiger partial charge in [-0.25, -0.2) is 0 Å². The molecule has 1 aromatic heterocycles. The van der Waals surface area contributed by atoms with Crippen LogP contribution >= 0.6 is 11.6 Å². The minimum atomic E-state index is -0.467. The van der Waals surface area contributed by atoms with E-state index in [1.54, 1.807) is 30.3 Å². The Hall–Kier alpha value is -2.21. The summed E-state index contributed by atoms with van der Waals surface area (Å²) in [6, 6.07) is 9.42. The maximum atomic E-state index is 10.8. The number of nitro groups is 1. The van der Waals surface area contributed by atoms with Gasteiger partial charge in [0, 0.05) is 6.07 Å². The van der Waals surface area contributed by atoms with Crippen LogP contribution in [0.25, 0.3) is 0 Å². The molecule has 17 heavy (non-hydrogen) atoms. The molecular formula is C10H7ClN4O2. The first-order valence-electron chi connectivity index (χ1n) is 4.66. The summed E-state index contributed by atoms with van der Waals surface area (Å²) in [7, 11) is 0. The molecule has 7 heteroatoms. The van der Waals surface area contributed by atoms with Gasteiger partial charge in [-0.05, 0) is 18.2 Å². The number of halogens is 1. The van der Waals surface area contributed by atoms with E-state index >= 15 is 0 Å². The quantitative estimate of drug-likeness (QED) is 0.669. The van der Waals surface area contributed by atoms with Crippen molar-refractivity contribution in [1.82, 2.24) is 10.2 Å². The van der Waals surface area contributed by atoms with E-state index in [4.69, 9.17) is 11.6 Å². The zero-order valence-electron chi connectivity index (χ0n) is 8.50. The van der Waals surface area contributed by atoms with Crippen molar-refractivity contribution < 1.29 is 4.92 Å². The van der Waals surface area contributed by atoms with Crippen LogP contribution in [-0.2, 0) is 0 Å². The first kappa shape index (κ1) is 11.3. The lowest BCUT2D eigenvalue weighted by Gasteiger charge is -2.04. The van der Waals surface area contributed by atoms with E-state index in [0.29, 0.717) is 11.5 Å². The predicted octanol–water partition coefficient (Wildman–Crippen LogP) is 2.78. The third-order valence-corrected chi connectivity index (χ3v) is 2.20. The minimum Gasteiger partial charge on any atom is -0.333 e. The highest BCUT2D eigenvalue weighted by Gasteiger charge is 2.12. The lowest BCUT2D eigenvalue weighted by molar-refractivity contribution is -0.383. The Bertz CT molecular complexity index is 544. The van der Waals surface area contributed by atoms with Crippen molar-refractivity contribution in [2.24, 2.45) is 0 Å². The molecule has 0 aliphatic rings. The first-order valence-corrected chi connectivity index (χ1v) is 5.04.